The van der Waals surface area contributed by atoms with Crippen LogP contribution in [0.2, 0.25) is 0 Å². The molecule has 1 unspecified atom stereocenters. The predicted octanol–water partition coefficient (Wildman–Crippen LogP) is 0.585. The van der Waals surface area contributed by atoms with E-state index in [4.69, 9.17) is 9.47 Å². The van der Waals surface area contributed by atoms with Gasteiger partial charge in [0.1, 0.15) is 0 Å². The molecule has 0 bridgehead atoms. The molecule has 0 aromatic carbocycles. The molecule has 0 aromatic heterocycles. The Labute approximate surface area is 169 Å². The highest BCUT2D eigenvalue weighted by Gasteiger charge is 2.21. The number of nitrogens with zero attached hydrogens (tertiary/aromatic N) is 2. The zero-order valence-electron chi connectivity index (χ0n) is 17.7. The fraction of sp³-hybridized carbons (Fsp3) is 0.900. The number of hydrogen-bond donors (Lipinski definition) is 3. The van der Waals surface area contributed by atoms with E-state index in [2.05, 4.69) is 32.8 Å². The summed E-state index contributed by atoms with van der Waals surface area (Å²) in [6.45, 7) is 9.35. The van der Waals surface area contributed by atoms with E-state index in [0.29, 0.717) is 18.5 Å². The third-order valence-corrected chi connectivity index (χ3v) is 5.23. The quantitative estimate of drug-likeness (QED) is 0.269. The van der Waals surface area contributed by atoms with Gasteiger partial charge in [0, 0.05) is 58.4 Å². The lowest BCUT2D eigenvalue weighted by molar-refractivity contribution is -0.122. The average Bonchev–Trinajstić information content (AvgIpc) is 3.23. The van der Waals surface area contributed by atoms with E-state index in [0.717, 1.165) is 90.7 Å². The Morgan fingerprint density at radius 2 is 2.04 bits per heavy atom. The molecule has 2 aliphatic heterocycles. The standard InChI is InChI=1S/C20H39N5O3/c1-3-8-22-19(26)14-25-10-5-18(6-11-25)24-20(21-2)23-9-4-12-27-15-17-7-13-28-16-17/h17-18H,3-16H2,1-2H3,(H,22,26)(H2,21,23,24). The third-order valence-electron chi connectivity index (χ3n) is 5.23. The van der Waals surface area contributed by atoms with Gasteiger partial charge in [0.15, 0.2) is 5.96 Å². The summed E-state index contributed by atoms with van der Waals surface area (Å²) in [5.74, 6) is 1.56. The zero-order valence-corrected chi connectivity index (χ0v) is 17.7. The first-order valence-corrected chi connectivity index (χ1v) is 10.8. The molecule has 28 heavy (non-hydrogen) atoms. The molecule has 8 nitrogen and oxygen atoms in total. The molecule has 1 amide bonds. The van der Waals surface area contributed by atoms with E-state index in [1.165, 1.54) is 0 Å². The van der Waals surface area contributed by atoms with Crippen molar-refractivity contribution in [3.8, 4) is 0 Å². The molecule has 0 spiro atoms. The van der Waals surface area contributed by atoms with Crippen LogP contribution in [0.15, 0.2) is 4.99 Å². The largest absolute Gasteiger partial charge is 0.381 e. The Balaban J connectivity index is 1.51. The van der Waals surface area contributed by atoms with Crippen LogP contribution in [0, 0.1) is 5.92 Å². The van der Waals surface area contributed by atoms with E-state index in [1.807, 2.05) is 0 Å². The maximum absolute atomic E-state index is 11.8. The number of carbonyl (C=O) groups excluding carboxylic acids is 1. The fourth-order valence-corrected chi connectivity index (χ4v) is 3.49. The minimum absolute atomic E-state index is 0.133. The van der Waals surface area contributed by atoms with Gasteiger partial charge in [0.2, 0.25) is 5.91 Å². The molecule has 2 saturated heterocycles. The van der Waals surface area contributed by atoms with Gasteiger partial charge in [-0.15, -0.1) is 0 Å². The highest BCUT2D eigenvalue weighted by molar-refractivity contribution is 5.80. The second-order valence-corrected chi connectivity index (χ2v) is 7.70. The smallest absolute Gasteiger partial charge is 0.234 e. The molecular weight excluding hydrogens is 358 g/mol. The second kappa shape index (κ2) is 13.7. The number of amides is 1. The minimum Gasteiger partial charge on any atom is -0.381 e. The van der Waals surface area contributed by atoms with Crippen molar-refractivity contribution in [1.82, 2.24) is 20.9 Å². The Bertz CT molecular complexity index is 461. The number of aliphatic imine (C=N–C) groups is 1. The van der Waals surface area contributed by atoms with E-state index in [1.54, 1.807) is 7.05 Å². The Kier molecular flexibility index (Phi) is 11.2. The van der Waals surface area contributed by atoms with Crippen LogP contribution in [-0.2, 0) is 14.3 Å². The molecule has 162 valence electrons. The van der Waals surface area contributed by atoms with E-state index >= 15 is 0 Å². The molecule has 2 heterocycles. The Morgan fingerprint density at radius 1 is 1.21 bits per heavy atom. The molecule has 2 fully saturated rings. The molecule has 0 radical (unpaired) electrons. The number of nitrogens with one attached hydrogen (secondary N) is 3. The highest BCUT2D eigenvalue weighted by Crippen LogP contribution is 2.12. The van der Waals surface area contributed by atoms with Crippen molar-refractivity contribution < 1.29 is 14.3 Å². The lowest BCUT2D eigenvalue weighted by Gasteiger charge is -2.32. The average molecular weight is 398 g/mol. The SMILES string of the molecule is CCCNC(=O)CN1CCC(NC(=NC)NCCCOCC2CCOC2)CC1. The molecule has 0 saturated carbocycles. The first kappa shape index (κ1) is 22.9. The van der Waals surface area contributed by atoms with Crippen molar-refractivity contribution >= 4 is 11.9 Å². The van der Waals surface area contributed by atoms with Gasteiger partial charge in [-0.3, -0.25) is 14.7 Å². The summed E-state index contributed by atoms with van der Waals surface area (Å²) < 4.78 is 11.1. The van der Waals surface area contributed by atoms with Crippen molar-refractivity contribution in [3.05, 3.63) is 0 Å². The van der Waals surface area contributed by atoms with Gasteiger partial charge >= 0.3 is 0 Å². The lowest BCUT2D eigenvalue weighted by Crippen LogP contribution is -2.50. The van der Waals surface area contributed by atoms with Crippen LogP contribution in [0.3, 0.4) is 0 Å². The van der Waals surface area contributed by atoms with Gasteiger partial charge in [-0.25, -0.2) is 0 Å². The third kappa shape index (κ3) is 9.21. The van der Waals surface area contributed by atoms with Crippen molar-refractivity contribution in [2.45, 2.75) is 45.1 Å². The zero-order chi connectivity index (χ0) is 20.0. The first-order valence-electron chi connectivity index (χ1n) is 10.8. The molecule has 8 heteroatoms. The maximum atomic E-state index is 11.8. The predicted molar refractivity (Wildman–Crippen MR) is 112 cm³/mol. The van der Waals surface area contributed by atoms with Gasteiger partial charge in [-0.2, -0.15) is 0 Å². The van der Waals surface area contributed by atoms with E-state index in [9.17, 15) is 4.79 Å². The van der Waals surface area contributed by atoms with Crippen LogP contribution in [0.4, 0.5) is 0 Å². The summed E-state index contributed by atoms with van der Waals surface area (Å²) in [4.78, 5) is 18.4. The van der Waals surface area contributed by atoms with Crippen LogP contribution in [0.25, 0.3) is 0 Å². The fourth-order valence-electron chi connectivity index (χ4n) is 3.49. The lowest BCUT2D eigenvalue weighted by atomic mass is 10.1. The summed E-state index contributed by atoms with van der Waals surface area (Å²) >= 11 is 0. The molecular formula is C20H39N5O3. The monoisotopic (exact) mass is 397 g/mol. The van der Waals surface area contributed by atoms with Crippen molar-refractivity contribution in [2.24, 2.45) is 10.9 Å². The summed E-state index contributed by atoms with van der Waals surface area (Å²) in [7, 11) is 1.80. The molecule has 3 N–H and O–H groups in total. The van der Waals surface area contributed by atoms with Gasteiger partial charge in [-0.05, 0) is 32.1 Å². The molecule has 2 rings (SSSR count). The van der Waals surface area contributed by atoms with Gasteiger partial charge in [-0.1, -0.05) is 6.92 Å². The van der Waals surface area contributed by atoms with Crippen LogP contribution in [0.1, 0.15) is 39.0 Å². The van der Waals surface area contributed by atoms with Crippen LogP contribution >= 0.6 is 0 Å². The van der Waals surface area contributed by atoms with Crippen molar-refractivity contribution in [1.29, 1.82) is 0 Å². The summed E-state index contributed by atoms with van der Waals surface area (Å²) in [6.07, 6.45) is 5.10. The molecule has 0 aromatic rings. The number of piperidine rings is 1. The first-order chi connectivity index (χ1) is 13.7. The number of hydrogen-bond acceptors (Lipinski definition) is 5. The minimum atomic E-state index is 0.133. The summed E-state index contributed by atoms with van der Waals surface area (Å²) in [6, 6.07) is 0.403. The van der Waals surface area contributed by atoms with Crippen molar-refractivity contribution in [3.63, 3.8) is 0 Å². The van der Waals surface area contributed by atoms with Gasteiger partial charge < -0.3 is 25.4 Å². The number of ether oxygens (including phenoxy) is 2. The second-order valence-electron chi connectivity index (χ2n) is 7.70. The van der Waals surface area contributed by atoms with E-state index in [-0.39, 0.29) is 5.91 Å². The van der Waals surface area contributed by atoms with Crippen LogP contribution in [-0.4, -0.2) is 89.0 Å². The van der Waals surface area contributed by atoms with Crippen LogP contribution < -0.4 is 16.0 Å². The van der Waals surface area contributed by atoms with E-state index < -0.39 is 0 Å². The number of rotatable bonds is 11. The maximum Gasteiger partial charge on any atom is 0.234 e. The van der Waals surface area contributed by atoms with Crippen LogP contribution in [0.5, 0.6) is 0 Å². The van der Waals surface area contributed by atoms with Crippen molar-refractivity contribution in [2.75, 3.05) is 66.2 Å². The summed E-state index contributed by atoms with van der Waals surface area (Å²) in [5, 5.41) is 9.82. The Morgan fingerprint density at radius 3 is 2.71 bits per heavy atom. The molecule has 0 aliphatic carbocycles. The number of guanidine groups is 1. The van der Waals surface area contributed by atoms with Gasteiger partial charge in [0.05, 0.1) is 19.8 Å². The highest BCUT2D eigenvalue weighted by atomic mass is 16.5. The normalized spacial score (nSPS) is 21.6. The topological polar surface area (TPSA) is 87.2 Å². The Hall–Kier alpha value is -1.38. The summed E-state index contributed by atoms with van der Waals surface area (Å²) in [5.41, 5.74) is 0. The molecule has 2 aliphatic rings. The number of likely N-dealkylation sites (tertiary alicyclic amines) is 1. The number of carbonyl (C=O) groups is 1. The van der Waals surface area contributed by atoms with Gasteiger partial charge in [0.25, 0.3) is 0 Å². The molecule has 1 atom stereocenters.